The van der Waals surface area contributed by atoms with Crippen molar-refractivity contribution in [1.82, 2.24) is 20.3 Å². The molecule has 2 amide bonds. The Morgan fingerprint density at radius 1 is 1.06 bits per heavy atom. The number of rotatable bonds is 9. The van der Waals surface area contributed by atoms with Crippen molar-refractivity contribution in [1.29, 1.82) is 0 Å². The van der Waals surface area contributed by atoms with Gasteiger partial charge in [-0.2, -0.15) is 0 Å². The lowest BCUT2D eigenvalue weighted by Gasteiger charge is -2.32. The van der Waals surface area contributed by atoms with Gasteiger partial charge in [-0.3, -0.25) is 19.2 Å². The first-order valence-corrected chi connectivity index (χ1v) is 19.6. The van der Waals surface area contributed by atoms with Crippen molar-refractivity contribution in [3.05, 3.63) is 102 Å². The predicted molar refractivity (Wildman–Crippen MR) is 183 cm³/mol. The van der Waals surface area contributed by atoms with E-state index in [1.807, 2.05) is 92.0 Å². The Hall–Kier alpha value is -4.23. The van der Waals surface area contributed by atoms with Gasteiger partial charge in [-0.15, -0.1) is 5.10 Å². The number of benzene rings is 3. The third-order valence-corrected chi connectivity index (χ3v) is 12.7. The summed E-state index contributed by atoms with van der Waals surface area (Å²) in [7, 11) is -3.40. The highest BCUT2D eigenvalue weighted by atomic mass is 28.4. The molecular weight excluding hydrogens is 628 g/mol. The average molecular weight is 669 g/mol. The number of aliphatic hydroxyl groups is 1. The van der Waals surface area contributed by atoms with Crippen LogP contribution in [0, 0.1) is 5.92 Å². The van der Waals surface area contributed by atoms with Crippen LogP contribution in [0.2, 0.25) is 18.6 Å². The molecule has 250 valence electrons. The first kappa shape index (κ1) is 32.3. The molecular formula is C36H41FN6O4Si. The number of nitrogens with zero attached hydrogens (tertiary/aromatic N) is 5. The number of amides is 2. The number of fused-ring (bicyclic) bond motifs is 2. The summed E-state index contributed by atoms with van der Waals surface area (Å²) in [6.45, 7) is 7.01. The molecule has 1 spiro atoms. The van der Waals surface area contributed by atoms with Gasteiger partial charge < -0.3 is 24.2 Å². The number of aromatic nitrogens is 3. The molecule has 2 N–H and O–H groups in total. The fourth-order valence-electron chi connectivity index (χ4n) is 8.01. The van der Waals surface area contributed by atoms with Crippen LogP contribution in [0.1, 0.15) is 36.1 Å². The van der Waals surface area contributed by atoms with Crippen LogP contribution in [-0.2, 0) is 26.5 Å². The van der Waals surface area contributed by atoms with Gasteiger partial charge in [0, 0.05) is 54.2 Å². The summed E-state index contributed by atoms with van der Waals surface area (Å²) in [5, 5.41) is 22.0. The fourth-order valence-corrected chi connectivity index (χ4v) is 10.6. The molecule has 0 aliphatic carbocycles. The van der Waals surface area contributed by atoms with Crippen molar-refractivity contribution in [2.24, 2.45) is 5.92 Å². The molecule has 10 nitrogen and oxygen atoms in total. The van der Waals surface area contributed by atoms with E-state index in [0.29, 0.717) is 54.4 Å². The summed E-state index contributed by atoms with van der Waals surface area (Å²) in [6.07, 6.45) is 1.66. The van der Waals surface area contributed by atoms with Gasteiger partial charge in [0.05, 0.1) is 36.6 Å². The smallest absolute Gasteiger partial charge is 0.268 e. The molecule has 1 aromatic heterocycles. The van der Waals surface area contributed by atoms with Crippen LogP contribution in [0.4, 0.5) is 21.2 Å². The Morgan fingerprint density at radius 2 is 1.79 bits per heavy atom. The van der Waals surface area contributed by atoms with Crippen molar-refractivity contribution in [2.75, 3.05) is 36.0 Å². The lowest BCUT2D eigenvalue weighted by atomic mass is 9.82. The number of nitrogens with one attached hydrogen (secondary N) is 1. The standard InChI is InChI=1S/C36H41FN6O4Si/c1-24-34(48(2,3)37)32(16-18-41-22-30(39-40-41)28(23-44)25-10-6-4-7-11-25)47-36(24)29-20-27(42-19-17-38-21-33(42)45)14-15-31(29)43(35(36)46)26-12-8-5-9-13-26/h4-15,20,22,24,28,32,34,38,44H,16-19,21,23H2,1-3H3/t24-,28?,32+,34-,36+/m0/s1. The zero-order valence-electron chi connectivity index (χ0n) is 27.4. The third kappa shape index (κ3) is 5.46. The zero-order valence-corrected chi connectivity index (χ0v) is 28.4. The highest BCUT2D eigenvalue weighted by molar-refractivity contribution is 6.72. The molecule has 4 aromatic rings. The number of anilines is 3. The SMILES string of the molecule is C[C@H]1[C@H]([Si](C)(C)F)[C@@H](CCn2cc(C(CO)c3ccccc3)nn2)O[C@]12C(=O)N(c1ccccc1)c1ccc(N3CCNCC3=O)cc12. The van der Waals surface area contributed by atoms with Crippen molar-refractivity contribution in [3.8, 4) is 0 Å². The number of piperazine rings is 1. The van der Waals surface area contributed by atoms with E-state index in [1.165, 1.54) is 0 Å². The van der Waals surface area contributed by atoms with Gasteiger partial charge in [-0.05, 0) is 55.4 Å². The molecule has 3 aliphatic heterocycles. The Morgan fingerprint density at radius 3 is 2.48 bits per heavy atom. The number of para-hydroxylation sites is 1. The fraction of sp³-hybridized carbons (Fsp3) is 0.389. The molecule has 5 atom stereocenters. The molecule has 4 heterocycles. The minimum absolute atomic E-state index is 0.0455. The highest BCUT2D eigenvalue weighted by Gasteiger charge is 2.67. The van der Waals surface area contributed by atoms with E-state index in [0.717, 1.165) is 5.56 Å². The largest absolute Gasteiger partial charge is 0.395 e. The Labute approximate surface area is 280 Å². The van der Waals surface area contributed by atoms with Gasteiger partial charge in [0.15, 0.2) is 5.60 Å². The first-order chi connectivity index (χ1) is 23.1. The molecule has 0 radical (unpaired) electrons. The average Bonchev–Trinajstić information content (AvgIpc) is 3.74. The number of halogens is 1. The molecule has 0 saturated carbocycles. The van der Waals surface area contributed by atoms with Crippen LogP contribution >= 0.6 is 0 Å². The molecule has 3 aromatic carbocycles. The zero-order chi connectivity index (χ0) is 33.6. The highest BCUT2D eigenvalue weighted by Crippen LogP contribution is 2.61. The summed E-state index contributed by atoms with van der Waals surface area (Å²) in [6, 6.07) is 24.8. The molecule has 12 heteroatoms. The maximum absolute atomic E-state index is 16.5. The van der Waals surface area contributed by atoms with Crippen LogP contribution in [0.25, 0.3) is 0 Å². The quantitative estimate of drug-likeness (QED) is 0.193. The van der Waals surface area contributed by atoms with Crippen LogP contribution in [0.5, 0.6) is 0 Å². The number of aryl methyl sites for hydroxylation is 1. The third-order valence-electron chi connectivity index (χ3n) is 10.2. The Kier molecular flexibility index (Phi) is 8.52. The summed E-state index contributed by atoms with van der Waals surface area (Å²) >= 11 is 0. The van der Waals surface area contributed by atoms with E-state index in [1.54, 1.807) is 27.6 Å². The van der Waals surface area contributed by atoms with E-state index in [4.69, 9.17) is 4.74 Å². The van der Waals surface area contributed by atoms with Crippen LogP contribution in [0.15, 0.2) is 85.1 Å². The van der Waals surface area contributed by atoms with Crippen molar-refractivity contribution >= 4 is 37.3 Å². The molecule has 48 heavy (non-hydrogen) atoms. The number of aliphatic hydroxyl groups excluding tert-OH is 1. The predicted octanol–water partition coefficient (Wildman–Crippen LogP) is 4.88. The second-order valence-electron chi connectivity index (χ2n) is 13.5. The van der Waals surface area contributed by atoms with E-state index in [-0.39, 0.29) is 30.9 Å². The van der Waals surface area contributed by atoms with E-state index in [2.05, 4.69) is 15.6 Å². The molecule has 2 fully saturated rings. The minimum atomic E-state index is -3.40. The molecule has 2 saturated heterocycles. The monoisotopic (exact) mass is 668 g/mol. The van der Waals surface area contributed by atoms with Gasteiger partial charge in [-0.1, -0.05) is 60.7 Å². The van der Waals surface area contributed by atoms with E-state index in [9.17, 15) is 14.7 Å². The van der Waals surface area contributed by atoms with Gasteiger partial charge in [0.25, 0.3) is 5.91 Å². The van der Waals surface area contributed by atoms with E-state index >= 15 is 4.11 Å². The topological polar surface area (TPSA) is 113 Å². The van der Waals surface area contributed by atoms with Gasteiger partial charge in [-0.25, -0.2) is 0 Å². The van der Waals surface area contributed by atoms with Crippen molar-refractivity contribution < 1.29 is 23.5 Å². The van der Waals surface area contributed by atoms with Gasteiger partial charge in [0.1, 0.15) is 0 Å². The van der Waals surface area contributed by atoms with Crippen molar-refractivity contribution in [3.63, 3.8) is 0 Å². The van der Waals surface area contributed by atoms with Gasteiger partial charge >= 0.3 is 0 Å². The second kappa shape index (κ2) is 12.7. The van der Waals surface area contributed by atoms with Crippen molar-refractivity contribution in [2.45, 2.75) is 56.1 Å². The molecule has 7 rings (SSSR count). The number of carbonyl (C=O) groups excluding carboxylic acids is 2. The number of hydrogen-bond acceptors (Lipinski definition) is 7. The normalized spacial score (nSPS) is 24.8. The van der Waals surface area contributed by atoms with Crippen LogP contribution in [-0.4, -0.2) is 72.7 Å². The maximum Gasteiger partial charge on any atom is 0.268 e. The maximum atomic E-state index is 16.5. The number of ether oxygens (including phenoxy) is 1. The summed E-state index contributed by atoms with van der Waals surface area (Å²) in [5.74, 6) is -1.09. The number of hydrogen-bond donors (Lipinski definition) is 2. The summed E-state index contributed by atoms with van der Waals surface area (Å²) in [4.78, 5) is 31.2. The first-order valence-electron chi connectivity index (χ1n) is 16.6. The second-order valence-corrected chi connectivity index (χ2v) is 17.3. The van der Waals surface area contributed by atoms with Gasteiger partial charge in [0.2, 0.25) is 14.3 Å². The lowest BCUT2D eigenvalue weighted by Crippen LogP contribution is -2.48. The Balaban J connectivity index is 1.24. The van der Waals surface area contributed by atoms with Crippen LogP contribution < -0.4 is 15.1 Å². The number of carbonyl (C=O) groups is 2. The molecule has 0 bridgehead atoms. The summed E-state index contributed by atoms with van der Waals surface area (Å²) < 4.78 is 25.1. The lowest BCUT2D eigenvalue weighted by molar-refractivity contribution is -0.145. The molecule has 3 aliphatic rings. The van der Waals surface area contributed by atoms with Crippen LogP contribution in [0.3, 0.4) is 0 Å². The Bertz CT molecular complexity index is 1800. The van der Waals surface area contributed by atoms with E-state index < -0.39 is 31.6 Å². The molecule has 1 unspecified atom stereocenters. The minimum Gasteiger partial charge on any atom is -0.395 e. The summed E-state index contributed by atoms with van der Waals surface area (Å²) in [5.41, 5.74) is 2.39.